The van der Waals surface area contributed by atoms with E-state index in [1.165, 1.54) is 16.8 Å². The summed E-state index contributed by atoms with van der Waals surface area (Å²) in [5, 5.41) is 3.32. The van der Waals surface area contributed by atoms with Crippen LogP contribution in [0.4, 0.5) is 11.5 Å². The third-order valence-electron chi connectivity index (χ3n) is 5.57. The Hall–Kier alpha value is -2.63. The van der Waals surface area contributed by atoms with E-state index >= 15 is 0 Å². The highest BCUT2D eigenvalue weighted by Gasteiger charge is 2.24. The maximum atomic E-state index is 13.0. The van der Waals surface area contributed by atoms with E-state index in [2.05, 4.69) is 66.1 Å². The molecule has 0 atom stereocenters. The number of aryl methyl sites for hydroxylation is 2. The van der Waals surface area contributed by atoms with Crippen LogP contribution in [0.3, 0.4) is 0 Å². The Kier molecular flexibility index (Phi) is 6.72. The molecule has 1 N–H and O–H groups in total. The van der Waals surface area contributed by atoms with Crippen LogP contribution in [0.2, 0.25) is 0 Å². The van der Waals surface area contributed by atoms with Gasteiger partial charge in [-0.05, 0) is 50.3 Å². The second-order valence-corrected chi connectivity index (χ2v) is 8.29. The van der Waals surface area contributed by atoms with E-state index in [0.29, 0.717) is 30.5 Å². The summed E-state index contributed by atoms with van der Waals surface area (Å²) < 4.78 is 0. The molecule has 0 spiro atoms. The highest BCUT2D eigenvalue weighted by atomic mass is 16.2. The summed E-state index contributed by atoms with van der Waals surface area (Å²) in [4.78, 5) is 26.1. The molecule has 1 amide bonds. The van der Waals surface area contributed by atoms with E-state index in [9.17, 15) is 4.79 Å². The second-order valence-electron chi connectivity index (χ2n) is 8.29. The first-order valence-corrected chi connectivity index (χ1v) is 10.5. The van der Waals surface area contributed by atoms with Crippen molar-refractivity contribution in [3.63, 3.8) is 0 Å². The SMILES string of the molecule is Cc1nc(NCCC(C)C)cc(C(=O)N2CCN(c3cccc(C)c3C)CC2)n1. The molecule has 0 bridgehead atoms. The van der Waals surface area contributed by atoms with Gasteiger partial charge in [0.1, 0.15) is 17.3 Å². The fourth-order valence-corrected chi connectivity index (χ4v) is 3.65. The first-order valence-electron chi connectivity index (χ1n) is 10.5. The summed E-state index contributed by atoms with van der Waals surface area (Å²) in [5.41, 5.74) is 4.36. The molecule has 2 aromatic rings. The first-order chi connectivity index (χ1) is 13.8. The number of anilines is 2. The minimum atomic E-state index is -0.0111. The van der Waals surface area contributed by atoms with E-state index in [0.717, 1.165) is 31.9 Å². The average molecular weight is 396 g/mol. The molecule has 1 aromatic carbocycles. The molecule has 1 saturated heterocycles. The molecule has 1 fully saturated rings. The van der Waals surface area contributed by atoms with Crippen molar-refractivity contribution in [2.45, 2.75) is 41.0 Å². The molecule has 1 aliphatic rings. The zero-order chi connectivity index (χ0) is 21.0. The third-order valence-corrected chi connectivity index (χ3v) is 5.57. The number of carbonyl (C=O) groups is 1. The van der Waals surface area contributed by atoms with Crippen LogP contribution >= 0.6 is 0 Å². The van der Waals surface area contributed by atoms with Gasteiger partial charge < -0.3 is 15.1 Å². The number of hydrogen-bond acceptors (Lipinski definition) is 5. The van der Waals surface area contributed by atoms with Gasteiger partial charge in [0.2, 0.25) is 0 Å². The molecule has 6 heteroatoms. The van der Waals surface area contributed by atoms with Gasteiger partial charge >= 0.3 is 0 Å². The largest absolute Gasteiger partial charge is 0.370 e. The van der Waals surface area contributed by atoms with E-state index < -0.39 is 0 Å². The lowest BCUT2D eigenvalue weighted by Crippen LogP contribution is -2.49. The lowest BCUT2D eigenvalue weighted by Gasteiger charge is -2.37. The number of hydrogen-bond donors (Lipinski definition) is 1. The van der Waals surface area contributed by atoms with Crippen molar-refractivity contribution >= 4 is 17.4 Å². The average Bonchev–Trinajstić information content (AvgIpc) is 2.69. The van der Waals surface area contributed by atoms with Crippen molar-refractivity contribution in [2.24, 2.45) is 5.92 Å². The molecule has 2 heterocycles. The molecule has 0 saturated carbocycles. The van der Waals surface area contributed by atoms with Crippen LogP contribution in [-0.2, 0) is 0 Å². The van der Waals surface area contributed by atoms with Gasteiger partial charge in [0.15, 0.2) is 0 Å². The van der Waals surface area contributed by atoms with Gasteiger partial charge in [0.25, 0.3) is 5.91 Å². The molecule has 0 aliphatic carbocycles. The fourth-order valence-electron chi connectivity index (χ4n) is 3.65. The number of amides is 1. The van der Waals surface area contributed by atoms with Gasteiger partial charge in [-0.3, -0.25) is 4.79 Å². The lowest BCUT2D eigenvalue weighted by molar-refractivity contribution is 0.0740. The van der Waals surface area contributed by atoms with Gasteiger partial charge in [-0.25, -0.2) is 9.97 Å². The minimum absolute atomic E-state index is 0.0111. The number of carbonyl (C=O) groups excluding carboxylic acids is 1. The van der Waals surface area contributed by atoms with Crippen molar-refractivity contribution in [1.82, 2.24) is 14.9 Å². The van der Waals surface area contributed by atoms with Crippen molar-refractivity contribution in [2.75, 3.05) is 42.9 Å². The smallest absolute Gasteiger partial charge is 0.272 e. The predicted octanol–water partition coefficient (Wildman–Crippen LogP) is 3.82. The van der Waals surface area contributed by atoms with E-state index in [1.54, 1.807) is 6.07 Å². The normalized spacial score (nSPS) is 14.4. The Bertz CT molecular complexity index is 856. The zero-order valence-corrected chi connectivity index (χ0v) is 18.3. The number of aromatic nitrogens is 2. The second kappa shape index (κ2) is 9.25. The highest BCUT2D eigenvalue weighted by molar-refractivity contribution is 5.93. The molecule has 156 valence electrons. The predicted molar refractivity (Wildman–Crippen MR) is 119 cm³/mol. The molecule has 1 aliphatic heterocycles. The van der Waals surface area contributed by atoms with Crippen molar-refractivity contribution in [3.05, 3.63) is 46.9 Å². The Morgan fingerprint density at radius 1 is 1.10 bits per heavy atom. The molecular formula is C23H33N5O. The molecule has 6 nitrogen and oxygen atoms in total. The van der Waals surface area contributed by atoms with Crippen molar-refractivity contribution < 1.29 is 4.79 Å². The summed E-state index contributed by atoms with van der Waals surface area (Å²) in [6.45, 7) is 14.4. The summed E-state index contributed by atoms with van der Waals surface area (Å²) >= 11 is 0. The standard InChI is InChI=1S/C23H33N5O/c1-16(2)9-10-24-22-15-20(25-19(5)26-22)23(29)28-13-11-27(12-14-28)21-8-6-7-17(3)18(21)4/h6-8,15-16H,9-14H2,1-5H3,(H,24,25,26). The van der Waals surface area contributed by atoms with E-state index in [-0.39, 0.29) is 5.91 Å². The van der Waals surface area contributed by atoms with E-state index in [4.69, 9.17) is 0 Å². The zero-order valence-electron chi connectivity index (χ0n) is 18.3. The molecule has 3 rings (SSSR count). The van der Waals surface area contributed by atoms with Crippen LogP contribution in [0, 0.1) is 26.7 Å². The van der Waals surface area contributed by atoms with Gasteiger partial charge in [0.05, 0.1) is 0 Å². The fraction of sp³-hybridized carbons (Fsp3) is 0.522. The molecule has 0 radical (unpaired) electrons. The summed E-state index contributed by atoms with van der Waals surface area (Å²) in [6.07, 6.45) is 1.06. The van der Waals surface area contributed by atoms with Crippen LogP contribution in [0.25, 0.3) is 0 Å². The molecule has 29 heavy (non-hydrogen) atoms. The number of rotatable bonds is 6. The van der Waals surface area contributed by atoms with Gasteiger partial charge in [-0.2, -0.15) is 0 Å². The number of benzene rings is 1. The maximum Gasteiger partial charge on any atom is 0.272 e. The molecule has 0 unspecified atom stereocenters. The van der Waals surface area contributed by atoms with Crippen molar-refractivity contribution in [3.8, 4) is 0 Å². The van der Waals surface area contributed by atoms with Crippen LogP contribution in [-0.4, -0.2) is 53.5 Å². The maximum absolute atomic E-state index is 13.0. The van der Waals surface area contributed by atoms with E-state index in [1.807, 2.05) is 11.8 Å². The van der Waals surface area contributed by atoms with Gasteiger partial charge in [0, 0.05) is 44.5 Å². The Balaban J connectivity index is 1.64. The number of nitrogens with zero attached hydrogens (tertiary/aromatic N) is 4. The minimum Gasteiger partial charge on any atom is -0.370 e. The molecular weight excluding hydrogens is 362 g/mol. The summed E-state index contributed by atoms with van der Waals surface area (Å²) in [7, 11) is 0. The monoisotopic (exact) mass is 395 g/mol. The Morgan fingerprint density at radius 2 is 1.83 bits per heavy atom. The van der Waals surface area contributed by atoms with Gasteiger partial charge in [-0.1, -0.05) is 26.0 Å². The lowest BCUT2D eigenvalue weighted by atomic mass is 10.1. The number of piperazine rings is 1. The number of nitrogens with one attached hydrogen (secondary N) is 1. The Labute approximate surface area is 174 Å². The molecule has 1 aromatic heterocycles. The third kappa shape index (κ3) is 5.25. The highest BCUT2D eigenvalue weighted by Crippen LogP contribution is 2.24. The summed E-state index contributed by atoms with van der Waals surface area (Å²) in [6, 6.07) is 8.20. The van der Waals surface area contributed by atoms with Gasteiger partial charge in [-0.15, -0.1) is 0 Å². The van der Waals surface area contributed by atoms with Crippen LogP contribution in [0.1, 0.15) is 47.7 Å². The van der Waals surface area contributed by atoms with Crippen LogP contribution in [0.15, 0.2) is 24.3 Å². The van der Waals surface area contributed by atoms with Crippen LogP contribution in [0.5, 0.6) is 0 Å². The van der Waals surface area contributed by atoms with Crippen molar-refractivity contribution in [1.29, 1.82) is 0 Å². The Morgan fingerprint density at radius 3 is 2.52 bits per heavy atom. The first kappa shape index (κ1) is 21.1. The quantitative estimate of drug-likeness (QED) is 0.806. The summed E-state index contributed by atoms with van der Waals surface area (Å²) in [5.74, 6) is 1.97. The van der Waals surface area contributed by atoms with Crippen LogP contribution < -0.4 is 10.2 Å². The topological polar surface area (TPSA) is 61.4 Å².